The molecule has 0 spiro atoms. The summed E-state index contributed by atoms with van der Waals surface area (Å²) >= 11 is 6.12. The highest BCUT2D eigenvalue weighted by Crippen LogP contribution is 2.20. The van der Waals surface area contributed by atoms with Crippen molar-refractivity contribution in [1.82, 2.24) is 19.6 Å². The van der Waals surface area contributed by atoms with Crippen LogP contribution >= 0.6 is 11.6 Å². The molecule has 136 valence electrons. The number of aromatic nitrogens is 4. The third kappa shape index (κ3) is 4.26. The lowest BCUT2D eigenvalue weighted by Gasteiger charge is -2.07. The molecule has 2 aromatic heterocycles. The lowest BCUT2D eigenvalue weighted by molar-refractivity contribution is -0.117. The first-order chi connectivity index (χ1) is 12.4. The largest absolute Gasteiger partial charge is 0.322 e. The highest BCUT2D eigenvalue weighted by molar-refractivity contribution is 6.31. The minimum atomic E-state index is -2.69. The summed E-state index contributed by atoms with van der Waals surface area (Å²) < 4.78 is 28.5. The van der Waals surface area contributed by atoms with Gasteiger partial charge in [0, 0.05) is 11.2 Å². The van der Waals surface area contributed by atoms with E-state index in [0.717, 1.165) is 10.2 Å². The van der Waals surface area contributed by atoms with E-state index in [1.54, 1.807) is 23.9 Å². The van der Waals surface area contributed by atoms with Crippen LogP contribution in [0.4, 0.5) is 14.5 Å². The average Bonchev–Trinajstić information content (AvgIpc) is 3.16. The van der Waals surface area contributed by atoms with Crippen molar-refractivity contribution in [3.63, 3.8) is 0 Å². The Labute approximate surface area is 153 Å². The van der Waals surface area contributed by atoms with Gasteiger partial charge in [-0.2, -0.15) is 10.2 Å². The van der Waals surface area contributed by atoms with Gasteiger partial charge in [-0.1, -0.05) is 29.8 Å². The van der Waals surface area contributed by atoms with Crippen molar-refractivity contribution >= 4 is 23.2 Å². The summed E-state index contributed by atoms with van der Waals surface area (Å²) in [7, 11) is 0. The van der Waals surface area contributed by atoms with Crippen molar-refractivity contribution < 1.29 is 13.6 Å². The molecule has 0 aliphatic heterocycles. The summed E-state index contributed by atoms with van der Waals surface area (Å²) in [6, 6.07) is 8.65. The summed E-state index contributed by atoms with van der Waals surface area (Å²) in [5, 5.41) is 11.3. The van der Waals surface area contributed by atoms with Crippen LogP contribution in [-0.2, 0) is 17.9 Å². The molecule has 1 amide bonds. The third-order valence-electron chi connectivity index (χ3n) is 3.66. The van der Waals surface area contributed by atoms with Gasteiger partial charge in [-0.05, 0) is 24.6 Å². The summed E-state index contributed by atoms with van der Waals surface area (Å²) in [4.78, 5) is 12.1. The van der Waals surface area contributed by atoms with Gasteiger partial charge in [-0.25, -0.2) is 8.78 Å². The van der Waals surface area contributed by atoms with Gasteiger partial charge in [0.1, 0.15) is 12.2 Å². The van der Waals surface area contributed by atoms with E-state index in [1.165, 1.54) is 12.3 Å². The molecule has 1 aromatic carbocycles. The van der Waals surface area contributed by atoms with Gasteiger partial charge in [0.25, 0.3) is 6.43 Å². The Hall–Kier alpha value is -2.74. The zero-order chi connectivity index (χ0) is 18.7. The Balaban J connectivity index is 1.64. The SMILES string of the molecule is Cc1cc(C(F)F)n(CC(=O)Nc2cnn(Cc3ccccc3Cl)c2)n1. The molecule has 2 heterocycles. The van der Waals surface area contributed by atoms with Crippen molar-refractivity contribution in [2.45, 2.75) is 26.4 Å². The molecule has 6 nitrogen and oxygen atoms in total. The van der Waals surface area contributed by atoms with Gasteiger partial charge >= 0.3 is 0 Å². The number of nitrogens with zero attached hydrogens (tertiary/aromatic N) is 4. The van der Waals surface area contributed by atoms with Crippen LogP contribution in [0, 0.1) is 6.92 Å². The number of hydrogen-bond donors (Lipinski definition) is 1. The maximum absolute atomic E-state index is 12.9. The number of carbonyl (C=O) groups is 1. The Kier molecular flexibility index (Phi) is 5.32. The van der Waals surface area contributed by atoms with Crippen molar-refractivity contribution in [2.75, 3.05) is 5.32 Å². The van der Waals surface area contributed by atoms with Crippen LogP contribution in [0.3, 0.4) is 0 Å². The first-order valence-electron chi connectivity index (χ1n) is 7.80. The quantitative estimate of drug-likeness (QED) is 0.710. The summed E-state index contributed by atoms with van der Waals surface area (Å²) in [5.41, 5.74) is 1.50. The number of rotatable bonds is 6. The molecule has 0 fully saturated rings. The molecule has 1 N–H and O–H groups in total. The van der Waals surface area contributed by atoms with Gasteiger partial charge in [0.05, 0.1) is 24.1 Å². The fraction of sp³-hybridized carbons (Fsp3) is 0.235. The molecule has 0 aliphatic rings. The number of hydrogen-bond acceptors (Lipinski definition) is 3. The first-order valence-corrected chi connectivity index (χ1v) is 8.18. The van der Waals surface area contributed by atoms with E-state index in [9.17, 15) is 13.6 Å². The average molecular weight is 380 g/mol. The molecule has 9 heteroatoms. The van der Waals surface area contributed by atoms with Gasteiger partial charge < -0.3 is 5.32 Å². The normalized spacial score (nSPS) is 11.1. The van der Waals surface area contributed by atoms with Crippen LogP contribution in [0.15, 0.2) is 42.7 Å². The number of benzene rings is 1. The molecule has 26 heavy (non-hydrogen) atoms. The number of halogens is 3. The summed E-state index contributed by atoms with van der Waals surface area (Å²) in [6.45, 7) is 1.74. The van der Waals surface area contributed by atoms with E-state index < -0.39 is 12.3 Å². The monoisotopic (exact) mass is 379 g/mol. The zero-order valence-electron chi connectivity index (χ0n) is 13.9. The second-order valence-electron chi connectivity index (χ2n) is 5.74. The molecule has 0 unspecified atom stereocenters. The predicted molar refractivity (Wildman–Crippen MR) is 93.3 cm³/mol. The van der Waals surface area contributed by atoms with Crippen LogP contribution in [0.1, 0.15) is 23.4 Å². The summed E-state index contributed by atoms with van der Waals surface area (Å²) in [6.07, 6.45) is 0.433. The van der Waals surface area contributed by atoms with Crippen LogP contribution in [0.5, 0.6) is 0 Å². The summed E-state index contributed by atoms with van der Waals surface area (Å²) in [5.74, 6) is -0.465. The van der Waals surface area contributed by atoms with E-state index in [1.807, 2.05) is 18.2 Å². The van der Waals surface area contributed by atoms with E-state index >= 15 is 0 Å². The van der Waals surface area contributed by atoms with E-state index in [0.29, 0.717) is 22.9 Å². The maximum atomic E-state index is 12.9. The maximum Gasteiger partial charge on any atom is 0.280 e. The van der Waals surface area contributed by atoms with Crippen molar-refractivity contribution in [3.05, 3.63) is 64.7 Å². The number of anilines is 1. The number of amides is 1. The molecule has 3 aromatic rings. The molecule has 0 saturated heterocycles. The van der Waals surface area contributed by atoms with Crippen LogP contribution < -0.4 is 5.32 Å². The molecule has 0 bridgehead atoms. The van der Waals surface area contributed by atoms with Gasteiger partial charge in [-0.3, -0.25) is 14.2 Å². The zero-order valence-corrected chi connectivity index (χ0v) is 14.6. The van der Waals surface area contributed by atoms with E-state index in [2.05, 4.69) is 15.5 Å². The van der Waals surface area contributed by atoms with Gasteiger partial charge in [0.2, 0.25) is 5.91 Å². The fourth-order valence-electron chi connectivity index (χ4n) is 2.52. The lowest BCUT2D eigenvalue weighted by Crippen LogP contribution is -2.21. The minimum Gasteiger partial charge on any atom is -0.322 e. The Morgan fingerprint density at radius 1 is 1.35 bits per heavy atom. The molecule has 0 atom stereocenters. The van der Waals surface area contributed by atoms with Crippen molar-refractivity contribution in [3.8, 4) is 0 Å². The van der Waals surface area contributed by atoms with Crippen LogP contribution in [0.25, 0.3) is 0 Å². The third-order valence-corrected chi connectivity index (χ3v) is 4.03. The molecule has 0 saturated carbocycles. The Morgan fingerprint density at radius 2 is 2.12 bits per heavy atom. The highest BCUT2D eigenvalue weighted by Gasteiger charge is 2.17. The Bertz CT molecular complexity index is 922. The highest BCUT2D eigenvalue weighted by atomic mass is 35.5. The smallest absolute Gasteiger partial charge is 0.280 e. The second-order valence-corrected chi connectivity index (χ2v) is 6.14. The first kappa shape index (κ1) is 18.1. The van der Waals surface area contributed by atoms with Gasteiger partial charge in [-0.15, -0.1) is 0 Å². The lowest BCUT2D eigenvalue weighted by atomic mass is 10.2. The molecule has 3 rings (SSSR count). The minimum absolute atomic E-state index is 0.285. The fourth-order valence-corrected chi connectivity index (χ4v) is 2.72. The number of alkyl halides is 2. The van der Waals surface area contributed by atoms with Crippen LogP contribution in [0.2, 0.25) is 5.02 Å². The van der Waals surface area contributed by atoms with Crippen LogP contribution in [-0.4, -0.2) is 25.5 Å². The number of carbonyl (C=O) groups excluding carboxylic acids is 1. The second kappa shape index (κ2) is 7.65. The standard InChI is InChI=1S/C17H16ClF2N5O/c1-11-6-15(17(19)20)25(23-11)10-16(26)22-13-7-21-24(9-13)8-12-4-2-3-5-14(12)18/h2-7,9,17H,8,10H2,1H3,(H,22,26). The van der Waals surface area contributed by atoms with Crippen molar-refractivity contribution in [1.29, 1.82) is 0 Å². The number of aryl methyl sites for hydroxylation is 1. The van der Waals surface area contributed by atoms with Crippen molar-refractivity contribution in [2.24, 2.45) is 0 Å². The molecule has 0 aliphatic carbocycles. The van der Waals surface area contributed by atoms with E-state index in [-0.39, 0.29) is 12.2 Å². The predicted octanol–water partition coefficient (Wildman–Crippen LogP) is 3.67. The molecular formula is C17H16ClF2N5O. The molecule has 0 radical (unpaired) electrons. The number of nitrogens with one attached hydrogen (secondary N) is 1. The Morgan fingerprint density at radius 3 is 2.85 bits per heavy atom. The molecular weight excluding hydrogens is 364 g/mol. The van der Waals surface area contributed by atoms with Gasteiger partial charge in [0.15, 0.2) is 0 Å². The topological polar surface area (TPSA) is 64.7 Å². The van der Waals surface area contributed by atoms with E-state index in [4.69, 9.17) is 11.6 Å².